The highest BCUT2D eigenvalue weighted by molar-refractivity contribution is 5.92. The van der Waals surface area contributed by atoms with Crippen molar-refractivity contribution in [2.45, 2.75) is 32.7 Å². The molecule has 0 radical (unpaired) electrons. The van der Waals surface area contributed by atoms with Crippen LogP contribution in [-0.4, -0.2) is 24.0 Å². The molecule has 0 bridgehead atoms. The molecule has 1 rings (SSSR count). The van der Waals surface area contributed by atoms with Gasteiger partial charge >= 0.3 is 0 Å². The van der Waals surface area contributed by atoms with Crippen molar-refractivity contribution in [2.24, 2.45) is 0 Å². The molecule has 0 aliphatic carbocycles. The van der Waals surface area contributed by atoms with Crippen LogP contribution in [0.25, 0.3) is 0 Å². The molecule has 0 aliphatic heterocycles. The first-order valence-electron chi connectivity index (χ1n) is 5.66. The summed E-state index contributed by atoms with van der Waals surface area (Å²) in [6.45, 7) is 4.12. The van der Waals surface area contributed by atoms with E-state index in [0.717, 1.165) is 12.8 Å². The third-order valence-electron chi connectivity index (χ3n) is 2.56. The molecule has 1 amide bonds. The number of aromatic nitrogens is 1. The van der Waals surface area contributed by atoms with Crippen molar-refractivity contribution in [3.05, 3.63) is 23.9 Å². The Morgan fingerprint density at radius 1 is 1.38 bits per heavy atom. The van der Waals surface area contributed by atoms with E-state index in [2.05, 4.69) is 29.5 Å². The van der Waals surface area contributed by atoms with Crippen molar-refractivity contribution in [2.75, 3.05) is 12.4 Å². The molecule has 0 aromatic carbocycles. The molecular weight excluding hydrogens is 202 g/mol. The fraction of sp³-hybridized carbons (Fsp3) is 0.500. The first-order chi connectivity index (χ1) is 7.71. The summed E-state index contributed by atoms with van der Waals surface area (Å²) in [7, 11) is 1.78. The lowest BCUT2D eigenvalue weighted by atomic mass is 10.1. The van der Waals surface area contributed by atoms with Gasteiger partial charge in [0, 0.05) is 13.1 Å². The van der Waals surface area contributed by atoms with Crippen molar-refractivity contribution in [1.82, 2.24) is 10.3 Å². The van der Waals surface area contributed by atoms with Gasteiger partial charge < -0.3 is 10.6 Å². The number of pyridine rings is 1. The number of carbonyl (C=O) groups is 1. The Labute approximate surface area is 96.5 Å². The monoisotopic (exact) mass is 221 g/mol. The molecule has 88 valence electrons. The maximum atomic E-state index is 11.8. The minimum absolute atomic E-state index is 0.106. The molecule has 2 N–H and O–H groups in total. The summed E-state index contributed by atoms with van der Waals surface area (Å²) in [6, 6.07) is 5.60. The van der Waals surface area contributed by atoms with Crippen LogP contribution in [0.15, 0.2) is 18.2 Å². The predicted octanol–water partition coefficient (Wildman–Crippen LogP) is 2.04. The molecule has 1 heterocycles. The Balaban J connectivity index is 2.72. The standard InChI is InChI=1S/C12H19N3O/c1-4-9(5-2)14-12(16)10-7-6-8-11(13-3)15-10/h6-9H,4-5H2,1-3H3,(H,13,15)(H,14,16). The number of nitrogens with one attached hydrogen (secondary N) is 2. The third-order valence-corrected chi connectivity index (χ3v) is 2.56. The summed E-state index contributed by atoms with van der Waals surface area (Å²) in [5, 5.41) is 5.87. The highest BCUT2D eigenvalue weighted by Crippen LogP contribution is 2.05. The predicted molar refractivity (Wildman–Crippen MR) is 65.6 cm³/mol. The SMILES string of the molecule is CCC(CC)NC(=O)c1cccc(NC)n1. The van der Waals surface area contributed by atoms with Crippen LogP contribution in [-0.2, 0) is 0 Å². The number of rotatable bonds is 5. The van der Waals surface area contributed by atoms with Gasteiger partial charge in [-0.3, -0.25) is 4.79 Å². The molecular formula is C12H19N3O. The highest BCUT2D eigenvalue weighted by atomic mass is 16.1. The molecule has 4 heteroatoms. The van der Waals surface area contributed by atoms with E-state index < -0.39 is 0 Å². The normalized spacial score (nSPS) is 10.2. The van der Waals surface area contributed by atoms with E-state index in [1.165, 1.54) is 0 Å². The molecule has 0 spiro atoms. The number of amides is 1. The highest BCUT2D eigenvalue weighted by Gasteiger charge is 2.11. The van der Waals surface area contributed by atoms with Crippen LogP contribution < -0.4 is 10.6 Å². The minimum atomic E-state index is -0.106. The fourth-order valence-corrected chi connectivity index (χ4v) is 1.45. The Hall–Kier alpha value is -1.58. The third kappa shape index (κ3) is 3.22. The van der Waals surface area contributed by atoms with E-state index in [4.69, 9.17) is 0 Å². The number of nitrogens with zero attached hydrogens (tertiary/aromatic N) is 1. The van der Waals surface area contributed by atoms with Gasteiger partial charge in [-0.15, -0.1) is 0 Å². The quantitative estimate of drug-likeness (QED) is 0.800. The zero-order valence-corrected chi connectivity index (χ0v) is 10.1. The van der Waals surface area contributed by atoms with E-state index in [1.807, 2.05) is 12.1 Å². The molecule has 1 aromatic rings. The maximum absolute atomic E-state index is 11.8. The van der Waals surface area contributed by atoms with Crippen LogP contribution in [0.2, 0.25) is 0 Å². The second kappa shape index (κ2) is 6.10. The first-order valence-corrected chi connectivity index (χ1v) is 5.66. The van der Waals surface area contributed by atoms with Crippen LogP contribution >= 0.6 is 0 Å². The lowest BCUT2D eigenvalue weighted by molar-refractivity contribution is 0.0930. The van der Waals surface area contributed by atoms with Gasteiger partial charge in [0.05, 0.1) is 0 Å². The van der Waals surface area contributed by atoms with Crippen LogP contribution in [0.5, 0.6) is 0 Å². The zero-order chi connectivity index (χ0) is 12.0. The van der Waals surface area contributed by atoms with Gasteiger partial charge in [0.1, 0.15) is 11.5 Å². The largest absolute Gasteiger partial charge is 0.373 e. The molecule has 1 aromatic heterocycles. The Morgan fingerprint density at radius 3 is 2.62 bits per heavy atom. The van der Waals surface area contributed by atoms with Crippen molar-refractivity contribution in [3.63, 3.8) is 0 Å². The van der Waals surface area contributed by atoms with Gasteiger partial charge in [-0.2, -0.15) is 0 Å². The smallest absolute Gasteiger partial charge is 0.270 e. The summed E-state index contributed by atoms with van der Waals surface area (Å²) < 4.78 is 0. The van der Waals surface area contributed by atoms with Gasteiger partial charge in [0.15, 0.2) is 0 Å². The van der Waals surface area contributed by atoms with Gasteiger partial charge in [0.2, 0.25) is 0 Å². The molecule has 0 atom stereocenters. The minimum Gasteiger partial charge on any atom is -0.373 e. The van der Waals surface area contributed by atoms with Crippen LogP contribution in [0, 0.1) is 0 Å². The molecule has 0 saturated heterocycles. The second-order valence-corrected chi connectivity index (χ2v) is 3.64. The molecule has 0 saturated carbocycles. The van der Waals surface area contributed by atoms with E-state index in [0.29, 0.717) is 11.5 Å². The van der Waals surface area contributed by atoms with Crippen LogP contribution in [0.3, 0.4) is 0 Å². The number of anilines is 1. The van der Waals surface area contributed by atoms with Gasteiger partial charge in [0.25, 0.3) is 5.91 Å². The van der Waals surface area contributed by atoms with Gasteiger partial charge in [-0.25, -0.2) is 4.98 Å². The number of carbonyl (C=O) groups excluding carboxylic acids is 1. The molecule has 4 nitrogen and oxygen atoms in total. The lowest BCUT2D eigenvalue weighted by Gasteiger charge is -2.14. The Kier molecular flexibility index (Phi) is 4.76. The van der Waals surface area contributed by atoms with Crippen molar-refractivity contribution in [1.29, 1.82) is 0 Å². The van der Waals surface area contributed by atoms with E-state index in [-0.39, 0.29) is 11.9 Å². The first kappa shape index (κ1) is 12.5. The van der Waals surface area contributed by atoms with Crippen LogP contribution in [0.1, 0.15) is 37.2 Å². The van der Waals surface area contributed by atoms with E-state index in [1.54, 1.807) is 13.1 Å². The number of hydrogen-bond acceptors (Lipinski definition) is 3. The summed E-state index contributed by atoms with van der Waals surface area (Å²) in [6.07, 6.45) is 1.88. The van der Waals surface area contributed by atoms with Crippen molar-refractivity contribution in [3.8, 4) is 0 Å². The fourth-order valence-electron chi connectivity index (χ4n) is 1.45. The van der Waals surface area contributed by atoms with Crippen molar-refractivity contribution < 1.29 is 4.79 Å². The second-order valence-electron chi connectivity index (χ2n) is 3.64. The average Bonchev–Trinajstić information content (AvgIpc) is 2.35. The Morgan fingerprint density at radius 2 is 2.06 bits per heavy atom. The van der Waals surface area contributed by atoms with E-state index >= 15 is 0 Å². The lowest BCUT2D eigenvalue weighted by Crippen LogP contribution is -2.34. The molecule has 0 aliphatic rings. The maximum Gasteiger partial charge on any atom is 0.270 e. The van der Waals surface area contributed by atoms with Gasteiger partial charge in [-0.05, 0) is 25.0 Å². The molecule has 0 unspecified atom stereocenters. The van der Waals surface area contributed by atoms with Gasteiger partial charge in [-0.1, -0.05) is 19.9 Å². The van der Waals surface area contributed by atoms with Crippen LogP contribution in [0.4, 0.5) is 5.82 Å². The summed E-state index contributed by atoms with van der Waals surface area (Å²) in [4.78, 5) is 16.0. The number of hydrogen-bond donors (Lipinski definition) is 2. The summed E-state index contributed by atoms with van der Waals surface area (Å²) >= 11 is 0. The summed E-state index contributed by atoms with van der Waals surface area (Å²) in [5.41, 5.74) is 0.457. The molecule has 0 fully saturated rings. The summed E-state index contributed by atoms with van der Waals surface area (Å²) in [5.74, 6) is 0.600. The topological polar surface area (TPSA) is 54.0 Å². The average molecular weight is 221 g/mol. The van der Waals surface area contributed by atoms with Crippen molar-refractivity contribution >= 4 is 11.7 Å². The van der Waals surface area contributed by atoms with E-state index in [9.17, 15) is 4.79 Å². The Bertz CT molecular complexity index is 348. The zero-order valence-electron chi connectivity index (χ0n) is 10.1. The molecule has 16 heavy (non-hydrogen) atoms.